The smallest absolute Gasteiger partial charge is 0.472 e. The van der Waals surface area contributed by atoms with E-state index in [1.807, 2.05) is 0 Å². The minimum Gasteiger partial charge on any atom is -0.472 e. The average Bonchev–Trinajstić information content (AvgIpc) is 2.93. The maximum absolute atomic E-state index is 15.1. The summed E-state index contributed by atoms with van der Waals surface area (Å²) in [5.41, 5.74) is 2.04. The lowest BCUT2D eigenvalue weighted by Gasteiger charge is -2.29. The summed E-state index contributed by atoms with van der Waals surface area (Å²) in [6.07, 6.45) is -1.35. The lowest BCUT2D eigenvalue weighted by molar-refractivity contribution is -0.276. The van der Waals surface area contributed by atoms with Crippen LogP contribution in [-0.4, -0.2) is 13.5 Å². The van der Waals surface area contributed by atoms with Crippen LogP contribution in [0.4, 0.5) is 35.1 Å². The molecule has 2 nitrogen and oxygen atoms in total. The molecule has 0 spiro atoms. The molecule has 0 amide bonds. The SMILES string of the molecule is CO/C(F)=C(\F)c1ccc(-c2ccc(C3CCC(CCc4cc(F)c(OC(F)(F)F)c(F)c4)CC3)c(F)c2)cc1. The van der Waals surface area contributed by atoms with Crippen molar-refractivity contribution in [3.63, 3.8) is 0 Å². The fraction of sp³-hybridized carbons (Fsp3) is 0.333. The number of benzene rings is 3. The highest BCUT2D eigenvalue weighted by Gasteiger charge is 2.34. The number of rotatable bonds is 8. The first-order valence-electron chi connectivity index (χ1n) is 12.7. The van der Waals surface area contributed by atoms with E-state index < -0.39 is 35.6 Å². The Kier molecular flexibility index (Phi) is 9.05. The maximum atomic E-state index is 15.1. The Morgan fingerprint density at radius 1 is 0.800 bits per heavy atom. The van der Waals surface area contributed by atoms with E-state index in [0.29, 0.717) is 36.0 Å². The molecule has 1 aliphatic carbocycles. The molecule has 0 unspecified atom stereocenters. The molecule has 0 bridgehead atoms. The van der Waals surface area contributed by atoms with E-state index in [2.05, 4.69) is 9.47 Å². The van der Waals surface area contributed by atoms with Gasteiger partial charge >= 0.3 is 12.4 Å². The molecule has 3 aromatic rings. The minimum absolute atomic E-state index is 0.000272. The van der Waals surface area contributed by atoms with E-state index >= 15 is 4.39 Å². The van der Waals surface area contributed by atoms with Crippen molar-refractivity contribution in [1.82, 2.24) is 0 Å². The second kappa shape index (κ2) is 12.3. The topological polar surface area (TPSA) is 18.5 Å². The molecule has 0 saturated heterocycles. The third kappa shape index (κ3) is 7.14. The molecule has 0 aliphatic heterocycles. The van der Waals surface area contributed by atoms with Crippen molar-refractivity contribution < 1.29 is 44.6 Å². The van der Waals surface area contributed by atoms with Crippen LogP contribution in [0.1, 0.15) is 54.7 Å². The van der Waals surface area contributed by atoms with E-state index in [1.165, 1.54) is 18.2 Å². The number of hydrogen-bond acceptors (Lipinski definition) is 2. The van der Waals surface area contributed by atoms with E-state index in [4.69, 9.17) is 0 Å². The van der Waals surface area contributed by atoms with Crippen molar-refractivity contribution >= 4 is 5.83 Å². The van der Waals surface area contributed by atoms with Crippen LogP contribution in [0.3, 0.4) is 0 Å². The molecule has 1 aliphatic rings. The molecule has 3 aromatic carbocycles. The van der Waals surface area contributed by atoms with Gasteiger partial charge in [0.2, 0.25) is 11.6 Å². The van der Waals surface area contributed by atoms with Gasteiger partial charge in [-0.25, -0.2) is 13.2 Å². The van der Waals surface area contributed by atoms with Gasteiger partial charge in [-0.2, -0.15) is 8.78 Å². The van der Waals surface area contributed by atoms with Crippen LogP contribution < -0.4 is 4.74 Å². The zero-order valence-corrected chi connectivity index (χ0v) is 21.4. The highest BCUT2D eigenvalue weighted by Crippen LogP contribution is 2.40. The highest BCUT2D eigenvalue weighted by atomic mass is 19.4. The van der Waals surface area contributed by atoms with Gasteiger partial charge in [0.15, 0.2) is 11.6 Å². The van der Waals surface area contributed by atoms with E-state index in [-0.39, 0.29) is 35.2 Å². The summed E-state index contributed by atoms with van der Waals surface area (Å²) in [5, 5.41) is 0. The number of alkyl halides is 3. The van der Waals surface area contributed by atoms with Gasteiger partial charge in [0.25, 0.3) is 0 Å². The van der Waals surface area contributed by atoms with Crippen LogP contribution in [-0.2, 0) is 11.2 Å². The number of hydrogen-bond donors (Lipinski definition) is 0. The Morgan fingerprint density at radius 3 is 1.95 bits per heavy atom. The van der Waals surface area contributed by atoms with Crippen molar-refractivity contribution in [2.24, 2.45) is 5.92 Å². The highest BCUT2D eigenvalue weighted by molar-refractivity contribution is 5.68. The molecular formula is C30H26F8O2. The number of methoxy groups -OCH3 is 1. The van der Waals surface area contributed by atoms with Crippen LogP contribution in [0, 0.1) is 23.4 Å². The van der Waals surface area contributed by atoms with Gasteiger partial charge in [0.1, 0.15) is 5.82 Å². The zero-order chi connectivity index (χ0) is 29.0. The largest absolute Gasteiger partial charge is 0.573 e. The fourth-order valence-corrected chi connectivity index (χ4v) is 5.15. The van der Waals surface area contributed by atoms with E-state index in [0.717, 1.165) is 32.1 Å². The van der Waals surface area contributed by atoms with Gasteiger partial charge in [-0.1, -0.05) is 36.4 Å². The van der Waals surface area contributed by atoms with Gasteiger partial charge in [0, 0.05) is 5.56 Å². The molecule has 1 saturated carbocycles. The first-order chi connectivity index (χ1) is 18.9. The lowest BCUT2D eigenvalue weighted by atomic mass is 9.76. The first kappa shape index (κ1) is 29.4. The van der Waals surface area contributed by atoms with Crippen LogP contribution in [0.5, 0.6) is 5.75 Å². The summed E-state index contributed by atoms with van der Waals surface area (Å²) in [7, 11) is 1.02. The average molecular weight is 571 g/mol. The molecule has 0 atom stereocenters. The number of halogens is 8. The van der Waals surface area contributed by atoms with Crippen molar-refractivity contribution in [1.29, 1.82) is 0 Å². The second-order valence-electron chi connectivity index (χ2n) is 9.80. The van der Waals surface area contributed by atoms with Crippen LogP contribution in [0.25, 0.3) is 17.0 Å². The van der Waals surface area contributed by atoms with Crippen molar-refractivity contribution in [2.45, 2.75) is 50.8 Å². The molecule has 0 heterocycles. The zero-order valence-electron chi connectivity index (χ0n) is 21.4. The summed E-state index contributed by atoms with van der Waals surface area (Å²) in [6.45, 7) is 0. The molecule has 0 aromatic heterocycles. The summed E-state index contributed by atoms with van der Waals surface area (Å²) in [4.78, 5) is 0. The third-order valence-electron chi connectivity index (χ3n) is 7.23. The normalized spacial score (nSPS) is 18.3. The second-order valence-corrected chi connectivity index (χ2v) is 9.80. The van der Waals surface area contributed by atoms with E-state index in [9.17, 15) is 30.7 Å². The molecule has 0 N–H and O–H groups in total. The first-order valence-corrected chi connectivity index (χ1v) is 12.7. The fourth-order valence-electron chi connectivity index (χ4n) is 5.15. The van der Waals surface area contributed by atoms with Crippen LogP contribution in [0.2, 0.25) is 0 Å². The van der Waals surface area contributed by atoms with Crippen LogP contribution in [0.15, 0.2) is 60.6 Å². The third-order valence-corrected chi connectivity index (χ3v) is 7.23. The summed E-state index contributed by atoms with van der Waals surface area (Å²) >= 11 is 0. The summed E-state index contributed by atoms with van der Waals surface area (Å²) in [5.74, 6) is -5.55. The molecule has 10 heteroatoms. The van der Waals surface area contributed by atoms with Gasteiger partial charge in [0.05, 0.1) is 7.11 Å². The monoisotopic (exact) mass is 570 g/mol. The van der Waals surface area contributed by atoms with Crippen LogP contribution >= 0.6 is 0 Å². The minimum atomic E-state index is -5.20. The standard InChI is InChI=1S/C30H26F8O2/c1-39-29(35)27(34)21-10-8-19(9-11-21)22-12-13-23(24(31)16-22)20-6-4-17(5-7-20)2-3-18-14-25(32)28(26(33)15-18)40-30(36,37)38/h8-17,20H,2-7H2,1H3/b29-27-. The predicted molar refractivity (Wildman–Crippen MR) is 134 cm³/mol. The predicted octanol–water partition coefficient (Wildman–Crippen LogP) is 9.79. The van der Waals surface area contributed by atoms with Crippen molar-refractivity contribution in [2.75, 3.05) is 7.11 Å². The summed E-state index contributed by atoms with van der Waals surface area (Å²) in [6, 6.07) is 11.2. The maximum Gasteiger partial charge on any atom is 0.573 e. The summed E-state index contributed by atoms with van der Waals surface area (Å²) < 4.78 is 115. The van der Waals surface area contributed by atoms with Gasteiger partial charge < -0.3 is 9.47 Å². The molecular weight excluding hydrogens is 544 g/mol. The van der Waals surface area contributed by atoms with Gasteiger partial charge in [-0.3, -0.25) is 0 Å². The van der Waals surface area contributed by atoms with Gasteiger partial charge in [-0.05, 0) is 90.8 Å². The Labute approximate surface area is 226 Å². The molecule has 214 valence electrons. The van der Waals surface area contributed by atoms with E-state index in [1.54, 1.807) is 24.3 Å². The van der Waals surface area contributed by atoms with Crippen molar-refractivity contribution in [3.8, 4) is 16.9 Å². The molecule has 4 rings (SSSR count). The number of aryl methyl sites for hydroxylation is 1. The Hall–Kier alpha value is -3.56. The Bertz CT molecular complexity index is 1330. The quantitative estimate of drug-likeness (QED) is 0.198. The Morgan fingerprint density at radius 2 is 1.40 bits per heavy atom. The van der Waals surface area contributed by atoms with Crippen molar-refractivity contribution in [3.05, 3.63) is 94.8 Å². The number of ether oxygens (including phenoxy) is 2. The molecule has 1 fully saturated rings. The van der Waals surface area contributed by atoms with Gasteiger partial charge in [-0.15, -0.1) is 13.2 Å². The Balaban J connectivity index is 1.33. The lowest BCUT2D eigenvalue weighted by Crippen LogP contribution is -2.19. The molecule has 0 radical (unpaired) electrons. The molecule has 40 heavy (non-hydrogen) atoms.